The van der Waals surface area contributed by atoms with Crippen molar-refractivity contribution in [3.8, 4) is 5.69 Å². The highest BCUT2D eigenvalue weighted by molar-refractivity contribution is 7.99. The first-order valence-corrected chi connectivity index (χ1v) is 10.7. The average molecular weight is 465 g/mol. The lowest BCUT2D eigenvalue weighted by Gasteiger charge is -2.14. The molecule has 3 heterocycles. The number of nitrogens with zero attached hydrogens (tertiary/aromatic N) is 3. The van der Waals surface area contributed by atoms with Gasteiger partial charge in [0, 0.05) is 4.88 Å². The molecule has 0 unspecified atom stereocenters. The number of halogens is 3. The van der Waals surface area contributed by atoms with Gasteiger partial charge in [-0.2, -0.15) is 18.3 Å². The number of alkyl halides is 3. The van der Waals surface area contributed by atoms with Crippen LogP contribution in [-0.2, 0) is 17.5 Å². The Labute approximate surface area is 181 Å². The quantitative estimate of drug-likeness (QED) is 0.335. The van der Waals surface area contributed by atoms with Gasteiger partial charge >= 0.3 is 6.18 Å². The molecule has 3 aromatic heterocycles. The molecule has 12 heteroatoms. The van der Waals surface area contributed by atoms with Gasteiger partial charge in [-0.25, -0.2) is 4.98 Å². The number of carbonyl (C=O) groups is 1. The molecule has 0 aliphatic carbocycles. The number of benzene rings is 1. The maximum atomic E-state index is 13.2. The zero-order chi connectivity index (χ0) is 22.0. The number of carbonyl (C=O) groups excluding carboxylic acids is 1. The van der Waals surface area contributed by atoms with Crippen molar-refractivity contribution >= 4 is 40.0 Å². The van der Waals surface area contributed by atoms with Crippen molar-refractivity contribution in [3.05, 3.63) is 68.8 Å². The monoisotopic (exact) mass is 465 g/mol. The molecule has 0 spiro atoms. The normalized spacial score (nSPS) is 11.7. The van der Waals surface area contributed by atoms with E-state index in [0.29, 0.717) is 6.54 Å². The number of aromatic nitrogens is 4. The van der Waals surface area contributed by atoms with E-state index in [1.165, 1.54) is 29.7 Å². The minimum Gasteiger partial charge on any atom is -0.350 e. The van der Waals surface area contributed by atoms with E-state index in [-0.39, 0.29) is 33.5 Å². The van der Waals surface area contributed by atoms with E-state index in [9.17, 15) is 22.8 Å². The van der Waals surface area contributed by atoms with Crippen LogP contribution in [0.15, 0.2) is 57.9 Å². The van der Waals surface area contributed by atoms with Gasteiger partial charge in [-0.3, -0.25) is 19.3 Å². The van der Waals surface area contributed by atoms with Gasteiger partial charge in [0.15, 0.2) is 10.8 Å². The van der Waals surface area contributed by atoms with Gasteiger partial charge in [0.05, 0.1) is 29.7 Å². The van der Waals surface area contributed by atoms with Crippen molar-refractivity contribution in [2.24, 2.45) is 0 Å². The summed E-state index contributed by atoms with van der Waals surface area (Å²) in [4.78, 5) is 30.5. The molecule has 4 rings (SSSR count). The third-order valence-electron chi connectivity index (χ3n) is 4.26. The number of hydrogen-bond acceptors (Lipinski definition) is 6. The number of rotatable bonds is 6. The van der Waals surface area contributed by atoms with Crippen LogP contribution in [0, 0.1) is 0 Å². The smallest absolute Gasteiger partial charge is 0.350 e. The molecule has 7 nitrogen and oxygen atoms in total. The zero-order valence-electron chi connectivity index (χ0n) is 15.6. The van der Waals surface area contributed by atoms with Crippen molar-refractivity contribution in [1.29, 1.82) is 0 Å². The minimum absolute atomic E-state index is 0.00285. The molecule has 0 bridgehead atoms. The molecule has 0 aliphatic heterocycles. The number of fused-ring (bicyclic) bond motifs is 1. The van der Waals surface area contributed by atoms with Crippen LogP contribution in [0.2, 0.25) is 0 Å². The fraction of sp³-hybridized carbons (Fsp3) is 0.158. The number of amides is 1. The second kappa shape index (κ2) is 8.55. The Balaban J connectivity index is 1.65. The first kappa shape index (κ1) is 21.1. The predicted molar refractivity (Wildman–Crippen MR) is 111 cm³/mol. The Morgan fingerprint density at radius 3 is 2.84 bits per heavy atom. The second-order valence-corrected chi connectivity index (χ2v) is 8.33. The van der Waals surface area contributed by atoms with E-state index >= 15 is 0 Å². The molecule has 0 radical (unpaired) electrons. The summed E-state index contributed by atoms with van der Waals surface area (Å²) in [5.41, 5.74) is -1.29. The maximum Gasteiger partial charge on any atom is 0.416 e. The zero-order valence-corrected chi connectivity index (χ0v) is 17.3. The molecule has 0 fully saturated rings. The largest absolute Gasteiger partial charge is 0.416 e. The molecular weight excluding hydrogens is 451 g/mol. The molecule has 4 aromatic rings. The van der Waals surface area contributed by atoms with Gasteiger partial charge in [0.1, 0.15) is 5.39 Å². The van der Waals surface area contributed by atoms with Crippen LogP contribution in [0.5, 0.6) is 0 Å². The number of aromatic amines is 1. The van der Waals surface area contributed by atoms with Crippen LogP contribution in [0.3, 0.4) is 0 Å². The molecule has 0 saturated heterocycles. The highest BCUT2D eigenvalue weighted by Crippen LogP contribution is 2.31. The van der Waals surface area contributed by atoms with E-state index in [4.69, 9.17) is 0 Å². The Bertz CT molecular complexity index is 1280. The molecule has 1 amide bonds. The van der Waals surface area contributed by atoms with Gasteiger partial charge in [0.2, 0.25) is 5.91 Å². The number of hydrogen-bond donors (Lipinski definition) is 2. The van der Waals surface area contributed by atoms with Crippen molar-refractivity contribution in [1.82, 2.24) is 25.1 Å². The fourth-order valence-electron chi connectivity index (χ4n) is 2.80. The molecule has 0 atom stereocenters. The fourth-order valence-corrected chi connectivity index (χ4v) is 4.28. The summed E-state index contributed by atoms with van der Waals surface area (Å²) in [5, 5.41) is 11.2. The lowest BCUT2D eigenvalue weighted by Crippen LogP contribution is -2.26. The van der Waals surface area contributed by atoms with Crippen molar-refractivity contribution < 1.29 is 18.0 Å². The van der Waals surface area contributed by atoms with Gasteiger partial charge in [-0.15, -0.1) is 11.3 Å². The number of thiophene rings is 1. The summed E-state index contributed by atoms with van der Waals surface area (Å²) >= 11 is 2.45. The lowest BCUT2D eigenvalue weighted by molar-refractivity contribution is -0.137. The molecular formula is C19H14F3N5O2S2. The number of thioether (sulfide) groups is 1. The van der Waals surface area contributed by atoms with Crippen LogP contribution < -0.4 is 10.9 Å². The predicted octanol–water partition coefficient (Wildman–Crippen LogP) is 3.60. The van der Waals surface area contributed by atoms with Crippen molar-refractivity contribution in [2.45, 2.75) is 17.9 Å². The van der Waals surface area contributed by atoms with Crippen LogP contribution >= 0.6 is 23.1 Å². The Morgan fingerprint density at radius 2 is 2.10 bits per heavy atom. The summed E-state index contributed by atoms with van der Waals surface area (Å²) in [6.45, 7) is 0.366. The van der Waals surface area contributed by atoms with Crippen LogP contribution in [0.1, 0.15) is 10.4 Å². The van der Waals surface area contributed by atoms with Gasteiger partial charge in [-0.05, 0) is 29.6 Å². The van der Waals surface area contributed by atoms with Crippen LogP contribution in [-0.4, -0.2) is 31.4 Å². The molecule has 31 heavy (non-hydrogen) atoms. The lowest BCUT2D eigenvalue weighted by atomic mass is 10.2. The van der Waals surface area contributed by atoms with E-state index in [2.05, 4.69) is 20.5 Å². The molecule has 1 aromatic carbocycles. The van der Waals surface area contributed by atoms with Crippen LogP contribution in [0.25, 0.3) is 16.7 Å². The van der Waals surface area contributed by atoms with Gasteiger partial charge < -0.3 is 5.32 Å². The van der Waals surface area contributed by atoms with E-state index in [0.717, 1.165) is 33.3 Å². The maximum absolute atomic E-state index is 13.2. The van der Waals surface area contributed by atoms with E-state index in [1.807, 2.05) is 17.5 Å². The van der Waals surface area contributed by atoms with E-state index in [1.54, 1.807) is 0 Å². The Morgan fingerprint density at radius 1 is 1.26 bits per heavy atom. The van der Waals surface area contributed by atoms with E-state index < -0.39 is 17.3 Å². The highest BCUT2D eigenvalue weighted by Gasteiger charge is 2.31. The number of H-pyrrole nitrogens is 1. The summed E-state index contributed by atoms with van der Waals surface area (Å²) in [5.74, 6) is -0.371. The van der Waals surface area contributed by atoms with Gasteiger partial charge in [-0.1, -0.05) is 23.9 Å². The summed E-state index contributed by atoms with van der Waals surface area (Å²) in [6, 6.07) is 8.14. The molecule has 160 valence electrons. The minimum atomic E-state index is -4.57. The Kier molecular flexibility index (Phi) is 5.83. The summed E-state index contributed by atoms with van der Waals surface area (Å²) in [6.07, 6.45) is -3.31. The summed E-state index contributed by atoms with van der Waals surface area (Å²) in [7, 11) is 0. The standard InChI is InChI=1S/C19H14F3N5O2S2/c20-19(21,22)11-3-1-4-12(7-11)27-17(29)14-9-24-26-16(14)25-18(27)31-10-15(28)23-8-13-5-2-6-30-13/h1-7,9H,8,10H2,(H,23,28)(H,24,26). The molecule has 0 aliphatic rings. The SMILES string of the molecule is O=C(CSc1nc2[nH]ncc2c(=O)n1-c1cccc(C(F)(F)F)c1)NCc1cccs1. The molecule has 0 saturated carbocycles. The number of nitrogens with one attached hydrogen (secondary N) is 2. The van der Waals surface area contributed by atoms with Crippen molar-refractivity contribution in [3.63, 3.8) is 0 Å². The van der Waals surface area contributed by atoms with Gasteiger partial charge in [0.25, 0.3) is 5.56 Å². The Hall–Kier alpha value is -3.12. The third-order valence-corrected chi connectivity index (χ3v) is 6.07. The highest BCUT2D eigenvalue weighted by atomic mass is 32.2. The van der Waals surface area contributed by atoms with Crippen LogP contribution in [0.4, 0.5) is 13.2 Å². The first-order valence-electron chi connectivity index (χ1n) is 8.88. The third kappa shape index (κ3) is 4.64. The molecule has 2 N–H and O–H groups in total. The second-order valence-electron chi connectivity index (χ2n) is 6.36. The van der Waals surface area contributed by atoms with Crippen molar-refractivity contribution in [2.75, 3.05) is 5.75 Å². The summed E-state index contributed by atoms with van der Waals surface area (Å²) < 4.78 is 40.6. The topological polar surface area (TPSA) is 92.7 Å². The average Bonchev–Trinajstić information content (AvgIpc) is 3.42. The first-order chi connectivity index (χ1) is 14.8.